The van der Waals surface area contributed by atoms with Gasteiger partial charge in [-0.15, -0.1) is 10.2 Å². The van der Waals surface area contributed by atoms with E-state index in [0.717, 1.165) is 64.6 Å². The lowest BCUT2D eigenvalue weighted by Crippen LogP contribution is -2.61. The molecular formula is C35H38FN5OS. The predicted molar refractivity (Wildman–Crippen MR) is 168 cm³/mol. The summed E-state index contributed by atoms with van der Waals surface area (Å²) in [6.45, 7) is 2.07. The van der Waals surface area contributed by atoms with Crippen molar-refractivity contribution in [2.45, 2.75) is 74.4 Å². The first-order chi connectivity index (χ1) is 20.9. The minimum absolute atomic E-state index is 0.0864. The highest BCUT2D eigenvalue weighted by atomic mass is 32.2. The molecule has 6 nitrogen and oxygen atoms in total. The summed E-state index contributed by atoms with van der Waals surface area (Å²) in [5.41, 5.74) is 4.12. The van der Waals surface area contributed by atoms with Gasteiger partial charge in [-0.2, -0.15) is 0 Å². The van der Waals surface area contributed by atoms with E-state index in [4.69, 9.17) is 5.10 Å². The second kappa shape index (κ2) is 11.8. The Morgan fingerprint density at radius 1 is 0.907 bits per heavy atom. The molecule has 4 aliphatic carbocycles. The van der Waals surface area contributed by atoms with Crippen LogP contribution in [0.3, 0.4) is 0 Å². The van der Waals surface area contributed by atoms with Gasteiger partial charge in [0.1, 0.15) is 5.82 Å². The van der Waals surface area contributed by atoms with Gasteiger partial charge in [0.2, 0.25) is 0 Å². The number of aromatic nitrogens is 3. The number of nitrogens with zero attached hydrogens (tertiary/aromatic N) is 3. The third kappa shape index (κ3) is 6.21. The van der Waals surface area contributed by atoms with Crippen LogP contribution in [0.1, 0.15) is 67.1 Å². The van der Waals surface area contributed by atoms with Gasteiger partial charge in [0.15, 0.2) is 11.0 Å². The van der Waals surface area contributed by atoms with E-state index in [1.54, 1.807) is 23.9 Å². The Kier molecular flexibility index (Phi) is 7.72. The molecule has 222 valence electrons. The Labute approximate surface area is 256 Å². The van der Waals surface area contributed by atoms with Crippen molar-refractivity contribution in [2.24, 2.45) is 17.8 Å². The molecule has 1 atom stereocenters. The van der Waals surface area contributed by atoms with Crippen LogP contribution in [0.4, 0.5) is 9.18 Å². The molecule has 43 heavy (non-hydrogen) atoms. The van der Waals surface area contributed by atoms with Crippen molar-refractivity contribution in [3.8, 4) is 5.69 Å². The van der Waals surface area contributed by atoms with Crippen molar-refractivity contribution >= 4 is 17.8 Å². The van der Waals surface area contributed by atoms with Crippen LogP contribution < -0.4 is 10.6 Å². The Bertz CT molecular complexity index is 1540. The highest BCUT2D eigenvalue weighted by Crippen LogP contribution is 2.55. The number of amides is 2. The van der Waals surface area contributed by atoms with E-state index < -0.39 is 6.04 Å². The molecule has 8 rings (SSSR count). The molecule has 4 fully saturated rings. The highest BCUT2D eigenvalue weighted by Gasteiger charge is 2.51. The summed E-state index contributed by atoms with van der Waals surface area (Å²) in [7, 11) is 0. The molecule has 4 aliphatic rings. The number of hydrogen-bond acceptors (Lipinski definition) is 4. The van der Waals surface area contributed by atoms with Crippen LogP contribution in [0.15, 0.2) is 84.0 Å². The summed E-state index contributed by atoms with van der Waals surface area (Å²) in [5, 5.41) is 16.9. The summed E-state index contributed by atoms with van der Waals surface area (Å²) >= 11 is 1.55. The van der Waals surface area contributed by atoms with Crippen LogP contribution >= 0.6 is 11.8 Å². The smallest absolute Gasteiger partial charge is 0.315 e. The van der Waals surface area contributed by atoms with E-state index in [1.165, 1.54) is 31.4 Å². The largest absolute Gasteiger partial charge is 0.333 e. The zero-order valence-electron chi connectivity index (χ0n) is 24.5. The molecule has 8 heteroatoms. The summed E-state index contributed by atoms with van der Waals surface area (Å²) in [6, 6.07) is 24.5. The zero-order valence-corrected chi connectivity index (χ0v) is 25.3. The normalized spacial score (nSPS) is 24.6. The van der Waals surface area contributed by atoms with E-state index in [1.807, 2.05) is 18.2 Å². The van der Waals surface area contributed by atoms with Crippen LogP contribution in [0.2, 0.25) is 0 Å². The van der Waals surface area contributed by atoms with Crippen LogP contribution in [-0.2, 0) is 12.2 Å². The average molecular weight is 596 g/mol. The minimum Gasteiger partial charge on any atom is -0.333 e. The lowest BCUT2D eigenvalue weighted by atomic mass is 9.53. The molecule has 0 saturated heterocycles. The van der Waals surface area contributed by atoms with Crippen molar-refractivity contribution in [3.05, 3.63) is 107 Å². The van der Waals surface area contributed by atoms with Crippen molar-refractivity contribution in [1.29, 1.82) is 0 Å². The van der Waals surface area contributed by atoms with Gasteiger partial charge >= 0.3 is 6.03 Å². The quantitative estimate of drug-likeness (QED) is 0.196. The van der Waals surface area contributed by atoms with Gasteiger partial charge in [-0.25, -0.2) is 9.18 Å². The maximum atomic E-state index is 13.8. The number of carbonyl (C=O) groups is 1. The standard InChI is InChI=1S/C35H38FN5OS/c1-23-7-13-30(14-8-23)41-32(39-40-34(41)43-22-25-9-11-29(36)12-10-25)31(18-24-5-3-2-4-6-24)37-33(42)38-35-19-26-15-27(20-35)17-28(16-26)21-35/h2-14,26-28,31H,15-22H2,1H3,(H2,37,38,42). The van der Waals surface area contributed by atoms with Gasteiger partial charge < -0.3 is 10.6 Å². The lowest BCUT2D eigenvalue weighted by Gasteiger charge is -2.56. The van der Waals surface area contributed by atoms with Gasteiger partial charge in [0, 0.05) is 23.4 Å². The lowest BCUT2D eigenvalue weighted by molar-refractivity contribution is -0.0136. The number of urea groups is 1. The van der Waals surface area contributed by atoms with Crippen LogP contribution in [0.5, 0.6) is 0 Å². The number of carbonyl (C=O) groups excluding carboxylic acids is 1. The molecule has 0 aliphatic heterocycles. The first-order valence-electron chi connectivity index (χ1n) is 15.4. The average Bonchev–Trinajstić information content (AvgIpc) is 3.40. The third-order valence-corrected chi connectivity index (χ3v) is 10.5. The number of aryl methyl sites for hydroxylation is 1. The summed E-state index contributed by atoms with van der Waals surface area (Å²) in [5.74, 6) is 3.30. The van der Waals surface area contributed by atoms with Gasteiger partial charge in [0.25, 0.3) is 0 Å². The molecule has 3 aromatic carbocycles. The van der Waals surface area contributed by atoms with Gasteiger partial charge in [-0.1, -0.05) is 71.9 Å². The maximum Gasteiger partial charge on any atom is 0.315 e. The molecule has 0 radical (unpaired) electrons. The predicted octanol–water partition coefficient (Wildman–Crippen LogP) is 7.56. The van der Waals surface area contributed by atoms with Crippen LogP contribution in [-0.4, -0.2) is 26.3 Å². The fourth-order valence-corrected chi connectivity index (χ4v) is 8.94. The van der Waals surface area contributed by atoms with Gasteiger partial charge in [-0.05, 0) is 98.6 Å². The van der Waals surface area contributed by atoms with Crippen molar-refractivity contribution < 1.29 is 9.18 Å². The van der Waals surface area contributed by atoms with E-state index >= 15 is 0 Å². The maximum absolute atomic E-state index is 13.8. The van der Waals surface area contributed by atoms with Crippen molar-refractivity contribution in [1.82, 2.24) is 25.4 Å². The molecule has 1 aromatic heterocycles. The van der Waals surface area contributed by atoms with Crippen LogP contribution in [0.25, 0.3) is 5.69 Å². The Balaban J connectivity index is 1.19. The first kappa shape index (κ1) is 28.1. The molecule has 2 amide bonds. The Morgan fingerprint density at radius 2 is 1.56 bits per heavy atom. The Hall–Kier alpha value is -3.65. The monoisotopic (exact) mass is 595 g/mol. The summed E-state index contributed by atoms with van der Waals surface area (Å²) in [6.07, 6.45) is 7.87. The van der Waals surface area contributed by atoms with Gasteiger partial charge in [0.05, 0.1) is 6.04 Å². The first-order valence-corrected chi connectivity index (χ1v) is 16.4. The minimum atomic E-state index is -0.398. The molecular weight excluding hydrogens is 557 g/mol. The summed E-state index contributed by atoms with van der Waals surface area (Å²) < 4.78 is 15.6. The Morgan fingerprint density at radius 3 is 2.21 bits per heavy atom. The number of thioether (sulfide) groups is 1. The number of hydrogen-bond donors (Lipinski definition) is 2. The molecule has 4 bridgehead atoms. The molecule has 1 unspecified atom stereocenters. The number of nitrogens with one attached hydrogen (secondary N) is 2. The molecule has 0 spiro atoms. The van der Waals surface area contributed by atoms with E-state index in [-0.39, 0.29) is 17.4 Å². The topological polar surface area (TPSA) is 71.8 Å². The van der Waals surface area contributed by atoms with Crippen LogP contribution in [0, 0.1) is 30.5 Å². The van der Waals surface area contributed by atoms with Crippen molar-refractivity contribution in [2.75, 3.05) is 0 Å². The fourth-order valence-electron chi connectivity index (χ4n) is 8.02. The van der Waals surface area contributed by atoms with E-state index in [0.29, 0.717) is 18.0 Å². The third-order valence-electron chi connectivity index (χ3n) is 9.55. The molecule has 2 N–H and O–H groups in total. The number of benzene rings is 3. The zero-order chi connectivity index (χ0) is 29.4. The van der Waals surface area contributed by atoms with E-state index in [9.17, 15) is 9.18 Å². The second-order valence-electron chi connectivity index (χ2n) is 13.0. The molecule has 1 heterocycles. The number of rotatable bonds is 9. The second-order valence-corrected chi connectivity index (χ2v) is 13.9. The SMILES string of the molecule is Cc1ccc(-n2c(SCc3ccc(F)cc3)nnc2C(Cc2ccccc2)NC(=O)NC23CC4CC(CC(C4)C2)C3)cc1. The van der Waals surface area contributed by atoms with Crippen molar-refractivity contribution in [3.63, 3.8) is 0 Å². The molecule has 4 aromatic rings. The van der Waals surface area contributed by atoms with Gasteiger partial charge in [-0.3, -0.25) is 4.57 Å². The number of halogens is 1. The highest BCUT2D eigenvalue weighted by molar-refractivity contribution is 7.98. The fraction of sp³-hybridized carbons (Fsp3) is 0.400. The molecule has 4 saturated carbocycles. The summed E-state index contributed by atoms with van der Waals surface area (Å²) in [4.78, 5) is 13.8. The van der Waals surface area contributed by atoms with E-state index in [2.05, 4.69) is 63.6 Å².